The van der Waals surface area contributed by atoms with Gasteiger partial charge in [-0.05, 0) is 38.2 Å². The molecule has 0 aliphatic rings. The van der Waals surface area contributed by atoms with Crippen LogP contribution >= 0.6 is 11.6 Å². The summed E-state index contributed by atoms with van der Waals surface area (Å²) in [5.41, 5.74) is 0.521. The summed E-state index contributed by atoms with van der Waals surface area (Å²) in [6.07, 6.45) is 2.69. The molecule has 5 heteroatoms. The van der Waals surface area contributed by atoms with E-state index >= 15 is 0 Å². The maximum absolute atomic E-state index is 13.0. The molecule has 3 nitrogen and oxygen atoms in total. The predicted octanol–water partition coefficient (Wildman–Crippen LogP) is 3.54. The molecule has 0 heterocycles. The molecule has 0 fully saturated rings. The molecule has 0 radical (unpaired) electrons. The van der Waals surface area contributed by atoms with E-state index in [1.54, 1.807) is 0 Å². The van der Waals surface area contributed by atoms with Crippen LogP contribution in [0.1, 0.15) is 26.2 Å². The van der Waals surface area contributed by atoms with Crippen molar-refractivity contribution in [2.45, 2.75) is 26.2 Å². The molecule has 0 atom stereocenters. The van der Waals surface area contributed by atoms with E-state index in [9.17, 15) is 9.18 Å². The van der Waals surface area contributed by atoms with Gasteiger partial charge in [0.2, 0.25) is 5.91 Å². The fourth-order valence-electron chi connectivity index (χ4n) is 1.63. The van der Waals surface area contributed by atoms with Crippen molar-refractivity contribution in [2.75, 3.05) is 25.5 Å². The molecule has 0 unspecified atom stereocenters. The van der Waals surface area contributed by atoms with Gasteiger partial charge in [0.05, 0.1) is 5.02 Å². The Morgan fingerprint density at radius 3 is 2.79 bits per heavy atom. The van der Waals surface area contributed by atoms with Gasteiger partial charge in [0.1, 0.15) is 5.82 Å². The Morgan fingerprint density at radius 1 is 1.42 bits per heavy atom. The maximum atomic E-state index is 13.0. The van der Waals surface area contributed by atoms with Crippen LogP contribution in [-0.4, -0.2) is 30.9 Å². The van der Waals surface area contributed by atoms with Crippen LogP contribution in [-0.2, 0) is 4.79 Å². The van der Waals surface area contributed by atoms with E-state index in [2.05, 4.69) is 17.1 Å². The van der Waals surface area contributed by atoms with Crippen LogP contribution in [0.15, 0.2) is 18.2 Å². The molecule has 0 spiro atoms. The number of hydrogen-bond donors (Lipinski definition) is 1. The molecular formula is C14H20ClFN2O. The van der Waals surface area contributed by atoms with Gasteiger partial charge in [-0.15, -0.1) is 0 Å². The summed E-state index contributed by atoms with van der Waals surface area (Å²) in [7, 11) is 2.00. The predicted molar refractivity (Wildman–Crippen MR) is 77.1 cm³/mol. The average molecular weight is 287 g/mol. The van der Waals surface area contributed by atoms with Crippen LogP contribution in [0.2, 0.25) is 5.02 Å². The van der Waals surface area contributed by atoms with Gasteiger partial charge in [0.25, 0.3) is 0 Å². The van der Waals surface area contributed by atoms with E-state index < -0.39 is 5.82 Å². The summed E-state index contributed by atoms with van der Waals surface area (Å²) in [5, 5.41) is 2.72. The Labute approximate surface area is 118 Å². The molecule has 1 rings (SSSR count). The van der Waals surface area contributed by atoms with Crippen LogP contribution in [0.25, 0.3) is 0 Å². The Bertz CT molecular complexity index is 426. The van der Waals surface area contributed by atoms with Crippen LogP contribution in [0.4, 0.5) is 10.1 Å². The van der Waals surface area contributed by atoms with Crippen LogP contribution in [0.5, 0.6) is 0 Å². The van der Waals surface area contributed by atoms with Gasteiger partial charge in [-0.3, -0.25) is 4.79 Å². The number of benzene rings is 1. The third-order valence-corrected chi connectivity index (χ3v) is 3.11. The summed E-state index contributed by atoms with van der Waals surface area (Å²) in [6, 6.07) is 4.15. The molecule has 1 amide bonds. The first-order chi connectivity index (χ1) is 9.02. The van der Waals surface area contributed by atoms with Gasteiger partial charge < -0.3 is 10.2 Å². The number of anilines is 1. The number of halogens is 2. The normalized spacial score (nSPS) is 10.8. The highest BCUT2D eigenvalue weighted by atomic mass is 35.5. The Hall–Kier alpha value is -1.13. The molecule has 1 aromatic carbocycles. The standard InChI is InChI=1S/C14H20ClFN2O/c1-3-4-8-18(2)9-7-14(19)17-11-5-6-13(16)12(15)10-11/h5-6,10H,3-4,7-9H2,1-2H3,(H,17,19). The first-order valence-corrected chi connectivity index (χ1v) is 6.84. The van der Waals surface area contributed by atoms with E-state index in [1.807, 2.05) is 7.05 Å². The topological polar surface area (TPSA) is 32.3 Å². The number of hydrogen-bond acceptors (Lipinski definition) is 2. The van der Waals surface area contributed by atoms with E-state index in [0.717, 1.165) is 19.4 Å². The zero-order valence-electron chi connectivity index (χ0n) is 11.4. The minimum Gasteiger partial charge on any atom is -0.326 e. The lowest BCUT2D eigenvalue weighted by Crippen LogP contribution is -2.25. The Balaban J connectivity index is 2.36. The van der Waals surface area contributed by atoms with Crippen LogP contribution < -0.4 is 5.32 Å². The SMILES string of the molecule is CCCCN(C)CCC(=O)Nc1ccc(F)c(Cl)c1. The number of carbonyl (C=O) groups is 1. The molecule has 19 heavy (non-hydrogen) atoms. The summed E-state index contributed by atoms with van der Waals surface area (Å²) in [6.45, 7) is 3.84. The number of amides is 1. The monoisotopic (exact) mass is 286 g/mol. The van der Waals surface area contributed by atoms with Gasteiger partial charge in [-0.25, -0.2) is 4.39 Å². The summed E-state index contributed by atoms with van der Waals surface area (Å²) < 4.78 is 13.0. The molecule has 0 saturated heterocycles. The highest BCUT2D eigenvalue weighted by Crippen LogP contribution is 2.19. The van der Waals surface area contributed by atoms with Gasteiger partial charge in [-0.1, -0.05) is 24.9 Å². The molecule has 1 N–H and O–H groups in total. The zero-order valence-corrected chi connectivity index (χ0v) is 12.1. The van der Waals surface area contributed by atoms with E-state index in [0.29, 0.717) is 18.7 Å². The van der Waals surface area contributed by atoms with Gasteiger partial charge in [0.15, 0.2) is 0 Å². The van der Waals surface area contributed by atoms with Crippen molar-refractivity contribution in [1.29, 1.82) is 0 Å². The molecule has 0 aliphatic heterocycles. The lowest BCUT2D eigenvalue weighted by Gasteiger charge is -2.15. The van der Waals surface area contributed by atoms with Crippen molar-refractivity contribution >= 4 is 23.2 Å². The van der Waals surface area contributed by atoms with Crippen molar-refractivity contribution < 1.29 is 9.18 Å². The van der Waals surface area contributed by atoms with Crippen molar-refractivity contribution in [3.63, 3.8) is 0 Å². The minimum atomic E-state index is -0.487. The number of rotatable bonds is 7. The molecule has 0 aromatic heterocycles. The number of unbranched alkanes of at least 4 members (excludes halogenated alkanes) is 1. The molecule has 1 aromatic rings. The van der Waals surface area contributed by atoms with Crippen molar-refractivity contribution in [3.05, 3.63) is 29.0 Å². The van der Waals surface area contributed by atoms with E-state index in [1.165, 1.54) is 18.2 Å². The van der Waals surface area contributed by atoms with Crippen LogP contribution in [0, 0.1) is 5.82 Å². The molecule has 0 aliphatic carbocycles. The lowest BCUT2D eigenvalue weighted by molar-refractivity contribution is -0.116. The first kappa shape index (κ1) is 15.9. The van der Waals surface area contributed by atoms with Gasteiger partial charge >= 0.3 is 0 Å². The Morgan fingerprint density at radius 2 is 2.16 bits per heavy atom. The van der Waals surface area contributed by atoms with Crippen molar-refractivity contribution in [2.24, 2.45) is 0 Å². The first-order valence-electron chi connectivity index (χ1n) is 6.46. The molecule has 106 valence electrons. The van der Waals surface area contributed by atoms with Crippen LogP contribution in [0.3, 0.4) is 0 Å². The maximum Gasteiger partial charge on any atom is 0.225 e. The lowest BCUT2D eigenvalue weighted by atomic mass is 10.2. The fourth-order valence-corrected chi connectivity index (χ4v) is 1.81. The average Bonchev–Trinajstić information content (AvgIpc) is 2.38. The second kappa shape index (κ2) is 8.12. The van der Waals surface area contributed by atoms with Gasteiger partial charge in [-0.2, -0.15) is 0 Å². The number of carbonyl (C=O) groups excluding carboxylic acids is 1. The molecule has 0 bridgehead atoms. The number of nitrogens with one attached hydrogen (secondary N) is 1. The highest BCUT2D eigenvalue weighted by molar-refractivity contribution is 6.31. The second-order valence-electron chi connectivity index (χ2n) is 4.58. The molecular weight excluding hydrogens is 267 g/mol. The summed E-state index contributed by atoms with van der Waals surface area (Å²) in [5.74, 6) is -0.579. The zero-order chi connectivity index (χ0) is 14.3. The molecule has 0 saturated carbocycles. The number of nitrogens with zero attached hydrogens (tertiary/aromatic N) is 1. The minimum absolute atomic E-state index is 0.0119. The van der Waals surface area contributed by atoms with Crippen molar-refractivity contribution in [3.8, 4) is 0 Å². The largest absolute Gasteiger partial charge is 0.326 e. The third-order valence-electron chi connectivity index (χ3n) is 2.82. The second-order valence-corrected chi connectivity index (χ2v) is 4.99. The fraction of sp³-hybridized carbons (Fsp3) is 0.500. The summed E-state index contributed by atoms with van der Waals surface area (Å²) >= 11 is 5.65. The third kappa shape index (κ3) is 6.03. The van der Waals surface area contributed by atoms with E-state index in [4.69, 9.17) is 11.6 Å². The summed E-state index contributed by atoms with van der Waals surface area (Å²) in [4.78, 5) is 13.8. The Kier molecular flexibility index (Phi) is 6.81. The van der Waals surface area contributed by atoms with E-state index in [-0.39, 0.29) is 10.9 Å². The quantitative estimate of drug-likeness (QED) is 0.831. The van der Waals surface area contributed by atoms with Gasteiger partial charge in [0, 0.05) is 18.7 Å². The van der Waals surface area contributed by atoms with Crippen molar-refractivity contribution in [1.82, 2.24) is 4.90 Å². The highest BCUT2D eigenvalue weighted by Gasteiger charge is 2.06. The smallest absolute Gasteiger partial charge is 0.225 e.